The van der Waals surface area contributed by atoms with Crippen molar-refractivity contribution in [3.63, 3.8) is 0 Å². The number of hydrogen-bond donors (Lipinski definition) is 2. The van der Waals surface area contributed by atoms with Gasteiger partial charge < -0.3 is 15.2 Å². The lowest BCUT2D eigenvalue weighted by atomic mass is 9.98. The molecule has 2 N–H and O–H groups in total. The molecule has 0 saturated carbocycles. The predicted molar refractivity (Wildman–Crippen MR) is 110 cm³/mol. The van der Waals surface area contributed by atoms with Crippen molar-refractivity contribution < 1.29 is 23.8 Å². The summed E-state index contributed by atoms with van der Waals surface area (Å²) < 4.78 is 18.8. The highest BCUT2D eigenvalue weighted by atomic mass is 19.1. The van der Waals surface area contributed by atoms with E-state index in [0.29, 0.717) is 5.56 Å². The zero-order chi connectivity index (χ0) is 21.1. The van der Waals surface area contributed by atoms with Crippen LogP contribution in [0, 0.1) is 5.82 Å². The first-order valence-corrected chi connectivity index (χ1v) is 9.61. The summed E-state index contributed by atoms with van der Waals surface area (Å²) in [6, 6.07) is 20.3. The standard InChI is InChI=1S/C24H20FNO4/c25-16-7-5-6-15(12-16)13-22(23(27)28)26-24(29)30-14-21-19-10-3-1-8-17(19)18-9-2-4-11-20(18)21/h1-12,21-22H,13-14H2,(H,26,29)(H,27,28)/t22-/m1/s1. The third-order valence-electron chi connectivity index (χ3n) is 5.26. The average molecular weight is 405 g/mol. The fraction of sp³-hybridized carbons (Fsp3) is 0.167. The van der Waals surface area contributed by atoms with Crippen LogP contribution in [0.4, 0.5) is 9.18 Å². The summed E-state index contributed by atoms with van der Waals surface area (Å²) in [7, 11) is 0. The Kier molecular flexibility index (Phi) is 5.48. The molecule has 0 spiro atoms. The molecule has 1 aliphatic rings. The number of rotatable bonds is 6. The number of ether oxygens (including phenoxy) is 1. The van der Waals surface area contributed by atoms with Gasteiger partial charge >= 0.3 is 12.1 Å². The molecule has 6 heteroatoms. The van der Waals surface area contributed by atoms with Gasteiger partial charge in [-0.2, -0.15) is 0 Å². The quantitative estimate of drug-likeness (QED) is 0.639. The highest BCUT2D eigenvalue weighted by Gasteiger charge is 2.29. The smallest absolute Gasteiger partial charge is 0.407 e. The van der Waals surface area contributed by atoms with Crippen LogP contribution < -0.4 is 5.32 Å². The minimum absolute atomic E-state index is 0.0444. The molecule has 1 amide bonds. The van der Waals surface area contributed by atoms with E-state index in [4.69, 9.17) is 4.74 Å². The fourth-order valence-electron chi connectivity index (χ4n) is 3.88. The highest BCUT2D eigenvalue weighted by Crippen LogP contribution is 2.44. The van der Waals surface area contributed by atoms with Gasteiger partial charge in [-0.25, -0.2) is 14.0 Å². The van der Waals surface area contributed by atoms with Gasteiger partial charge in [0, 0.05) is 12.3 Å². The third-order valence-corrected chi connectivity index (χ3v) is 5.26. The maximum atomic E-state index is 13.4. The number of amides is 1. The molecule has 0 unspecified atom stereocenters. The van der Waals surface area contributed by atoms with E-state index < -0.39 is 23.9 Å². The van der Waals surface area contributed by atoms with Crippen LogP contribution in [0.3, 0.4) is 0 Å². The molecule has 152 valence electrons. The van der Waals surface area contributed by atoms with E-state index in [0.717, 1.165) is 22.3 Å². The van der Waals surface area contributed by atoms with Gasteiger partial charge in [-0.15, -0.1) is 0 Å². The van der Waals surface area contributed by atoms with Gasteiger partial charge in [0.1, 0.15) is 18.5 Å². The Bertz CT molecular complexity index is 1050. The maximum absolute atomic E-state index is 13.4. The van der Waals surface area contributed by atoms with Crippen LogP contribution in [0.15, 0.2) is 72.8 Å². The molecule has 4 rings (SSSR count). The molecule has 1 aliphatic carbocycles. The van der Waals surface area contributed by atoms with Gasteiger partial charge in [-0.05, 0) is 39.9 Å². The normalized spacial score (nSPS) is 13.2. The van der Waals surface area contributed by atoms with Gasteiger partial charge in [0.2, 0.25) is 0 Å². The lowest BCUT2D eigenvalue weighted by molar-refractivity contribution is -0.139. The van der Waals surface area contributed by atoms with Crippen LogP contribution in [0.2, 0.25) is 0 Å². The molecule has 0 aromatic heterocycles. The maximum Gasteiger partial charge on any atom is 0.407 e. The fourth-order valence-corrected chi connectivity index (χ4v) is 3.88. The van der Waals surface area contributed by atoms with Crippen LogP contribution >= 0.6 is 0 Å². The second-order valence-corrected chi connectivity index (χ2v) is 7.19. The molecule has 0 heterocycles. The molecule has 5 nitrogen and oxygen atoms in total. The van der Waals surface area contributed by atoms with E-state index in [1.165, 1.54) is 18.2 Å². The number of carboxylic acids is 1. The zero-order valence-corrected chi connectivity index (χ0v) is 16.0. The van der Waals surface area contributed by atoms with Crippen LogP contribution in [0.1, 0.15) is 22.6 Å². The highest BCUT2D eigenvalue weighted by molar-refractivity contribution is 5.81. The topological polar surface area (TPSA) is 75.6 Å². The van der Waals surface area contributed by atoms with Crippen molar-refractivity contribution in [2.45, 2.75) is 18.4 Å². The molecule has 0 saturated heterocycles. The van der Waals surface area contributed by atoms with E-state index in [-0.39, 0.29) is 18.9 Å². The molecule has 1 atom stereocenters. The monoisotopic (exact) mass is 405 g/mol. The number of fused-ring (bicyclic) bond motifs is 3. The van der Waals surface area contributed by atoms with Crippen molar-refractivity contribution in [1.29, 1.82) is 0 Å². The lowest BCUT2D eigenvalue weighted by Crippen LogP contribution is -2.42. The van der Waals surface area contributed by atoms with Crippen molar-refractivity contribution >= 4 is 12.1 Å². The molecule has 0 radical (unpaired) electrons. The van der Waals surface area contributed by atoms with Gasteiger partial charge in [0.25, 0.3) is 0 Å². The largest absolute Gasteiger partial charge is 0.480 e. The number of hydrogen-bond acceptors (Lipinski definition) is 3. The van der Waals surface area contributed by atoms with E-state index in [1.54, 1.807) is 6.07 Å². The first-order chi connectivity index (χ1) is 14.5. The SMILES string of the molecule is O=C(N[C@H](Cc1cccc(F)c1)C(=O)O)OCC1c2ccccc2-c2ccccc21. The van der Waals surface area contributed by atoms with E-state index in [2.05, 4.69) is 5.32 Å². The number of carbonyl (C=O) groups excluding carboxylic acids is 1. The van der Waals surface area contributed by atoms with E-state index in [9.17, 15) is 19.1 Å². The Hall–Kier alpha value is -3.67. The second kappa shape index (κ2) is 8.37. The summed E-state index contributed by atoms with van der Waals surface area (Å²) in [5, 5.41) is 11.8. The average Bonchev–Trinajstić information content (AvgIpc) is 3.06. The molecular formula is C24H20FNO4. The Morgan fingerprint density at radius 3 is 2.20 bits per heavy atom. The predicted octanol–water partition coefficient (Wildman–Crippen LogP) is 4.36. The minimum Gasteiger partial charge on any atom is -0.480 e. The lowest BCUT2D eigenvalue weighted by Gasteiger charge is -2.17. The Balaban J connectivity index is 1.43. The summed E-state index contributed by atoms with van der Waals surface area (Å²) in [6.07, 6.45) is -0.863. The molecule has 0 bridgehead atoms. The molecule has 3 aromatic rings. The summed E-state index contributed by atoms with van der Waals surface area (Å²) >= 11 is 0. The van der Waals surface area contributed by atoms with Crippen LogP contribution in [0.5, 0.6) is 0 Å². The Morgan fingerprint density at radius 1 is 0.967 bits per heavy atom. The van der Waals surface area contributed by atoms with Gasteiger partial charge in [0.05, 0.1) is 0 Å². The molecule has 30 heavy (non-hydrogen) atoms. The number of nitrogens with one attached hydrogen (secondary N) is 1. The summed E-state index contributed by atoms with van der Waals surface area (Å²) in [4.78, 5) is 23.9. The Labute approximate surface area is 173 Å². The number of aliphatic carboxylic acids is 1. The van der Waals surface area contributed by atoms with Gasteiger partial charge in [-0.1, -0.05) is 60.7 Å². The van der Waals surface area contributed by atoms with E-state index in [1.807, 2.05) is 48.5 Å². The zero-order valence-electron chi connectivity index (χ0n) is 16.0. The first kappa shape index (κ1) is 19.6. The van der Waals surface area contributed by atoms with Gasteiger partial charge in [-0.3, -0.25) is 0 Å². The second-order valence-electron chi connectivity index (χ2n) is 7.19. The van der Waals surface area contributed by atoms with Crippen LogP contribution in [-0.2, 0) is 16.0 Å². The molecule has 0 fully saturated rings. The van der Waals surface area contributed by atoms with Gasteiger partial charge in [0.15, 0.2) is 0 Å². The van der Waals surface area contributed by atoms with Crippen molar-refractivity contribution in [3.05, 3.63) is 95.3 Å². The van der Waals surface area contributed by atoms with Crippen molar-refractivity contribution in [1.82, 2.24) is 5.32 Å². The Morgan fingerprint density at radius 2 is 1.60 bits per heavy atom. The van der Waals surface area contributed by atoms with Crippen molar-refractivity contribution in [3.8, 4) is 11.1 Å². The molecule has 3 aromatic carbocycles. The van der Waals surface area contributed by atoms with Crippen molar-refractivity contribution in [2.24, 2.45) is 0 Å². The summed E-state index contributed by atoms with van der Waals surface area (Å²) in [6.45, 7) is 0.0894. The summed E-state index contributed by atoms with van der Waals surface area (Å²) in [5.41, 5.74) is 4.83. The molecule has 0 aliphatic heterocycles. The number of alkyl carbamates (subject to hydrolysis) is 1. The number of benzene rings is 3. The van der Waals surface area contributed by atoms with Crippen LogP contribution in [-0.4, -0.2) is 29.8 Å². The summed E-state index contributed by atoms with van der Waals surface area (Å²) in [5.74, 6) is -1.79. The van der Waals surface area contributed by atoms with Crippen LogP contribution in [0.25, 0.3) is 11.1 Å². The number of halogens is 1. The van der Waals surface area contributed by atoms with E-state index >= 15 is 0 Å². The molecular weight excluding hydrogens is 385 g/mol. The minimum atomic E-state index is -1.22. The third kappa shape index (κ3) is 4.03. The first-order valence-electron chi connectivity index (χ1n) is 9.61. The number of carboxylic acid groups (broad SMARTS) is 1. The van der Waals surface area contributed by atoms with Crippen molar-refractivity contribution in [2.75, 3.05) is 6.61 Å². The number of carbonyl (C=O) groups is 2.